The minimum Gasteiger partial charge on any atom is -0.495 e. The van der Waals surface area contributed by atoms with Crippen LogP contribution in [0.4, 0.5) is 11.4 Å². The van der Waals surface area contributed by atoms with Crippen LogP contribution < -0.4 is 15.0 Å². The quantitative estimate of drug-likeness (QED) is 0.829. The molecule has 0 aliphatic carbocycles. The van der Waals surface area contributed by atoms with Gasteiger partial charge in [-0.2, -0.15) is 0 Å². The molecule has 0 bridgehead atoms. The number of carbonyl (C=O) groups excluding carboxylic acids is 1. The number of nitrogens with one attached hydrogen (secondary N) is 1. The summed E-state index contributed by atoms with van der Waals surface area (Å²) in [6.45, 7) is 10.1. The molecule has 0 aliphatic rings. The van der Waals surface area contributed by atoms with Crippen LogP contribution in [-0.4, -0.2) is 26.1 Å². The Hall–Kier alpha value is -1.71. The molecule has 0 radical (unpaired) electrons. The van der Waals surface area contributed by atoms with Gasteiger partial charge in [-0.3, -0.25) is 4.79 Å². The lowest BCUT2D eigenvalue weighted by atomic mass is 10.1. The van der Waals surface area contributed by atoms with E-state index in [2.05, 4.69) is 24.1 Å². The first kappa shape index (κ1) is 16.3. The van der Waals surface area contributed by atoms with Gasteiger partial charge in [-0.15, -0.1) is 0 Å². The molecule has 0 heterocycles. The number of hydrogen-bond donors (Lipinski definition) is 1. The van der Waals surface area contributed by atoms with Crippen molar-refractivity contribution in [3.63, 3.8) is 0 Å². The lowest BCUT2D eigenvalue weighted by Crippen LogP contribution is -2.23. The molecular formula is C16H26N2O2. The molecule has 0 saturated carbocycles. The van der Waals surface area contributed by atoms with Crippen LogP contribution in [0.2, 0.25) is 0 Å². The van der Waals surface area contributed by atoms with Crippen LogP contribution >= 0.6 is 0 Å². The number of amides is 1. The minimum absolute atomic E-state index is 0.0515. The van der Waals surface area contributed by atoms with Crippen LogP contribution in [0.3, 0.4) is 0 Å². The Labute approximate surface area is 122 Å². The molecular weight excluding hydrogens is 252 g/mol. The number of benzene rings is 1. The van der Waals surface area contributed by atoms with Gasteiger partial charge in [0.25, 0.3) is 0 Å². The second-order valence-electron chi connectivity index (χ2n) is 5.21. The van der Waals surface area contributed by atoms with Crippen LogP contribution in [0.5, 0.6) is 5.75 Å². The van der Waals surface area contributed by atoms with Gasteiger partial charge in [-0.1, -0.05) is 13.8 Å². The smallest absolute Gasteiger partial charge is 0.224 e. The number of carbonyl (C=O) groups is 1. The summed E-state index contributed by atoms with van der Waals surface area (Å²) < 4.78 is 5.40. The van der Waals surface area contributed by atoms with Crippen LogP contribution in [0.15, 0.2) is 18.2 Å². The largest absolute Gasteiger partial charge is 0.495 e. The topological polar surface area (TPSA) is 41.6 Å². The summed E-state index contributed by atoms with van der Waals surface area (Å²) in [6.07, 6.45) is 0.534. The molecule has 1 amide bonds. The predicted octanol–water partition coefficient (Wildman–Crippen LogP) is 3.53. The van der Waals surface area contributed by atoms with E-state index in [0.717, 1.165) is 30.2 Å². The number of rotatable bonds is 7. The van der Waals surface area contributed by atoms with Gasteiger partial charge in [0.2, 0.25) is 5.91 Å². The Morgan fingerprint density at radius 3 is 2.45 bits per heavy atom. The van der Waals surface area contributed by atoms with Crippen molar-refractivity contribution in [3.05, 3.63) is 18.2 Å². The van der Waals surface area contributed by atoms with Gasteiger partial charge in [0, 0.05) is 25.2 Å². The van der Waals surface area contributed by atoms with Crippen molar-refractivity contribution in [1.82, 2.24) is 0 Å². The maximum atomic E-state index is 11.8. The number of ether oxygens (including phenoxy) is 1. The van der Waals surface area contributed by atoms with Gasteiger partial charge < -0.3 is 15.0 Å². The normalized spacial score (nSPS) is 10.5. The van der Waals surface area contributed by atoms with E-state index in [1.807, 2.05) is 32.0 Å². The van der Waals surface area contributed by atoms with E-state index in [1.54, 1.807) is 7.11 Å². The van der Waals surface area contributed by atoms with Crippen molar-refractivity contribution in [1.29, 1.82) is 0 Å². The van der Waals surface area contributed by atoms with E-state index in [1.165, 1.54) is 0 Å². The summed E-state index contributed by atoms with van der Waals surface area (Å²) >= 11 is 0. The van der Waals surface area contributed by atoms with Crippen molar-refractivity contribution in [2.75, 3.05) is 30.4 Å². The van der Waals surface area contributed by atoms with E-state index >= 15 is 0 Å². The molecule has 1 aromatic carbocycles. The van der Waals surface area contributed by atoms with Crippen LogP contribution in [0.25, 0.3) is 0 Å². The monoisotopic (exact) mass is 278 g/mol. The maximum absolute atomic E-state index is 11.8. The Kier molecular flexibility index (Phi) is 6.36. The molecule has 0 spiro atoms. The van der Waals surface area contributed by atoms with Crippen LogP contribution in [0, 0.1) is 5.92 Å². The zero-order chi connectivity index (χ0) is 15.1. The highest BCUT2D eigenvalue weighted by molar-refractivity contribution is 5.91. The molecule has 20 heavy (non-hydrogen) atoms. The Balaban J connectivity index is 2.94. The third kappa shape index (κ3) is 4.44. The second-order valence-corrected chi connectivity index (χ2v) is 5.21. The van der Waals surface area contributed by atoms with Crippen molar-refractivity contribution >= 4 is 17.3 Å². The van der Waals surface area contributed by atoms with Crippen LogP contribution in [-0.2, 0) is 4.79 Å². The summed E-state index contributed by atoms with van der Waals surface area (Å²) in [5.74, 6) is 1.24. The lowest BCUT2D eigenvalue weighted by Gasteiger charge is -2.24. The van der Waals surface area contributed by atoms with E-state index < -0.39 is 0 Å². The molecule has 112 valence electrons. The molecule has 0 fully saturated rings. The van der Waals surface area contributed by atoms with Gasteiger partial charge in [-0.05, 0) is 38.0 Å². The summed E-state index contributed by atoms with van der Waals surface area (Å²) in [6, 6.07) is 5.76. The highest BCUT2D eigenvalue weighted by Crippen LogP contribution is 2.31. The molecule has 0 atom stereocenters. The molecule has 0 aromatic heterocycles. The Bertz CT molecular complexity index is 440. The van der Waals surface area contributed by atoms with Crippen LogP contribution in [0.1, 0.15) is 34.1 Å². The first-order valence-corrected chi connectivity index (χ1v) is 7.24. The van der Waals surface area contributed by atoms with Crippen molar-refractivity contribution < 1.29 is 9.53 Å². The minimum atomic E-state index is 0.0515. The van der Waals surface area contributed by atoms with Crippen molar-refractivity contribution in [2.24, 2.45) is 5.92 Å². The van der Waals surface area contributed by atoms with Gasteiger partial charge in [0.05, 0.1) is 12.8 Å². The number of hydrogen-bond acceptors (Lipinski definition) is 3. The third-order valence-corrected chi connectivity index (χ3v) is 3.16. The van der Waals surface area contributed by atoms with Gasteiger partial charge >= 0.3 is 0 Å². The summed E-state index contributed by atoms with van der Waals surface area (Å²) in [5.41, 5.74) is 1.83. The highest BCUT2D eigenvalue weighted by atomic mass is 16.5. The fraction of sp³-hybridized carbons (Fsp3) is 0.562. The highest BCUT2D eigenvalue weighted by Gasteiger charge is 2.12. The summed E-state index contributed by atoms with van der Waals surface area (Å²) in [4.78, 5) is 14.0. The fourth-order valence-electron chi connectivity index (χ4n) is 2.16. The average molecular weight is 278 g/mol. The number of anilines is 2. The molecule has 1 rings (SSSR count). The zero-order valence-corrected chi connectivity index (χ0v) is 13.2. The first-order valence-electron chi connectivity index (χ1n) is 7.24. The standard InChI is InChI=1S/C16H26N2O2/c1-6-18(7-2)14-11-13(8-9-15(14)20-5)17-16(19)10-12(3)4/h8-9,11-12H,6-7,10H2,1-5H3,(H,17,19). The van der Waals surface area contributed by atoms with Gasteiger partial charge in [0.1, 0.15) is 5.75 Å². The lowest BCUT2D eigenvalue weighted by molar-refractivity contribution is -0.116. The predicted molar refractivity (Wildman–Crippen MR) is 84.6 cm³/mol. The van der Waals surface area contributed by atoms with E-state index in [-0.39, 0.29) is 5.91 Å². The molecule has 0 saturated heterocycles. The van der Waals surface area contributed by atoms with Crippen molar-refractivity contribution in [3.8, 4) is 5.75 Å². The summed E-state index contributed by atoms with van der Waals surface area (Å²) in [7, 11) is 1.67. The molecule has 1 aromatic rings. The molecule has 0 aliphatic heterocycles. The van der Waals surface area contributed by atoms with E-state index in [4.69, 9.17) is 4.74 Å². The van der Waals surface area contributed by atoms with Gasteiger partial charge in [-0.25, -0.2) is 0 Å². The third-order valence-electron chi connectivity index (χ3n) is 3.16. The molecule has 4 nitrogen and oxygen atoms in total. The zero-order valence-electron chi connectivity index (χ0n) is 13.2. The second kappa shape index (κ2) is 7.78. The fourth-order valence-corrected chi connectivity index (χ4v) is 2.16. The van der Waals surface area contributed by atoms with Crippen molar-refractivity contribution in [2.45, 2.75) is 34.1 Å². The first-order chi connectivity index (χ1) is 9.51. The van der Waals surface area contributed by atoms with Gasteiger partial charge in [0.15, 0.2) is 0 Å². The number of nitrogens with zero attached hydrogens (tertiary/aromatic N) is 1. The average Bonchev–Trinajstić information content (AvgIpc) is 2.39. The Morgan fingerprint density at radius 1 is 1.30 bits per heavy atom. The molecule has 0 unspecified atom stereocenters. The number of methoxy groups -OCH3 is 1. The SMILES string of the molecule is CCN(CC)c1cc(NC(=O)CC(C)C)ccc1OC. The molecule has 1 N–H and O–H groups in total. The maximum Gasteiger partial charge on any atom is 0.224 e. The molecule has 4 heteroatoms. The van der Waals surface area contributed by atoms with E-state index in [0.29, 0.717) is 12.3 Å². The summed E-state index contributed by atoms with van der Waals surface area (Å²) in [5, 5.41) is 2.95. The Morgan fingerprint density at radius 2 is 1.95 bits per heavy atom. The van der Waals surface area contributed by atoms with E-state index in [9.17, 15) is 4.79 Å².